The van der Waals surface area contributed by atoms with Crippen LogP contribution in [0, 0.1) is 5.82 Å². The summed E-state index contributed by atoms with van der Waals surface area (Å²) in [6.07, 6.45) is -0.338. The van der Waals surface area contributed by atoms with Crippen LogP contribution in [0.1, 0.15) is 27.7 Å². The smallest absolute Gasteiger partial charge is 0.433 e. The van der Waals surface area contributed by atoms with E-state index in [0.29, 0.717) is 33.5 Å². The lowest BCUT2D eigenvalue weighted by atomic mass is 10.0. The summed E-state index contributed by atoms with van der Waals surface area (Å²) >= 11 is 0. The number of halogens is 4. The fourth-order valence-electron chi connectivity index (χ4n) is 4.62. The number of imidazole rings is 1. The number of likely N-dealkylation sites (N-methyl/N-ethyl adjacent to an activating group) is 1. The van der Waals surface area contributed by atoms with Crippen molar-refractivity contribution in [1.82, 2.24) is 24.3 Å². The van der Waals surface area contributed by atoms with Crippen LogP contribution in [0.4, 0.5) is 23.4 Å². The third kappa shape index (κ3) is 3.76. The van der Waals surface area contributed by atoms with E-state index in [1.807, 2.05) is 0 Å². The Hall–Kier alpha value is -4.74. The van der Waals surface area contributed by atoms with Crippen molar-refractivity contribution >= 4 is 28.3 Å². The van der Waals surface area contributed by atoms with Crippen LogP contribution in [0.15, 0.2) is 61.2 Å². The van der Waals surface area contributed by atoms with Gasteiger partial charge in [0, 0.05) is 30.4 Å². The molecular weight excluding hydrogens is 504 g/mol. The lowest BCUT2D eigenvalue weighted by molar-refractivity contribution is -0.141. The zero-order chi connectivity index (χ0) is 26.8. The Balaban J connectivity index is 1.30. The number of aromatic nitrogens is 4. The lowest BCUT2D eigenvalue weighted by Gasteiger charge is -2.24. The largest absolute Gasteiger partial charge is 0.491 e. The Morgan fingerprint density at radius 3 is 2.63 bits per heavy atom. The maximum Gasteiger partial charge on any atom is 0.433 e. The molecule has 1 amide bonds. The van der Waals surface area contributed by atoms with Gasteiger partial charge in [0.05, 0.1) is 35.2 Å². The number of carbonyl (C=O) groups is 1. The van der Waals surface area contributed by atoms with E-state index in [-0.39, 0.29) is 23.5 Å². The zero-order valence-electron chi connectivity index (χ0n) is 19.7. The fourth-order valence-corrected chi connectivity index (χ4v) is 4.62. The van der Waals surface area contributed by atoms with Gasteiger partial charge in [-0.1, -0.05) is 18.2 Å². The zero-order valence-corrected chi connectivity index (χ0v) is 19.7. The lowest BCUT2D eigenvalue weighted by Crippen LogP contribution is -2.32. The van der Waals surface area contributed by atoms with Crippen LogP contribution in [0.25, 0.3) is 27.7 Å². The highest BCUT2D eigenvalue weighted by Gasteiger charge is 2.33. The second-order valence-electron chi connectivity index (χ2n) is 8.89. The van der Waals surface area contributed by atoms with E-state index < -0.39 is 29.6 Å². The van der Waals surface area contributed by atoms with Crippen molar-refractivity contribution in [2.24, 2.45) is 0 Å². The number of pyridine rings is 1. The van der Waals surface area contributed by atoms with Gasteiger partial charge < -0.3 is 15.4 Å². The van der Waals surface area contributed by atoms with Crippen LogP contribution in [0.5, 0.6) is 5.75 Å². The molecule has 0 saturated carbocycles. The van der Waals surface area contributed by atoms with Gasteiger partial charge in [-0.3, -0.25) is 14.2 Å². The Morgan fingerprint density at radius 1 is 1.11 bits per heavy atom. The summed E-state index contributed by atoms with van der Waals surface area (Å²) < 4.78 is 61.0. The average Bonchev–Trinajstić information content (AvgIpc) is 3.55. The van der Waals surface area contributed by atoms with Crippen LogP contribution >= 0.6 is 0 Å². The van der Waals surface area contributed by atoms with Crippen molar-refractivity contribution in [2.45, 2.75) is 12.2 Å². The van der Waals surface area contributed by atoms with Crippen LogP contribution < -0.4 is 10.5 Å². The fraction of sp³-hybridized carbons (Fsp3) is 0.154. The molecule has 192 valence electrons. The monoisotopic (exact) mass is 522 g/mol. The normalized spacial score (nSPS) is 15.0. The minimum Gasteiger partial charge on any atom is -0.491 e. The maximum absolute atomic E-state index is 15.1. The molecular formula is C26H18F4N6O2. The summed E-state index contributed by atoms with van der Waals surface area (Å²) in [7, 11) is 1.55. The Kier molecular flexibility index (Phi) is 5.23. The van der Waals surface area contributed by atoms with Crippen molar-refractivity contribution in [2.75, 3.05) is 19.4 Å². The first-order valence-electron chi connectivity index (χ1n) is 11.4. The molecule has 0 bridgehead atoms. The molecule has 0 radical (unpaired) electrons. The highest BCUT2D eigenvalue weighted by Crippen LogP contribution is 2.39. The molecule has 1 aliphatic heterocycles. The number of benzene rings is 2. The van der Waals surface area contributed by atoms with E-state index in [1.54, 1.807) is 29.6 Å². The summed E-state index contributed by atoms with van der Waals surface area (Å²) in [5.41, 5.74) is 7.87. The number of hydrogen-bond donors (Lipinski definition) is 1. The molecule has 12 heteroatoms. The SMILES string of the molecule is CN(C(=O)c1cc2c(cc1F)nc(N)c1cncn12)[C@@H]1COc2cc(-c3ccc(C(F)(F)F)nc3)ccc21. The Labute approximate surface area is 212 Å². The van der Waals surface area contributed by atoms with Crippen LogP contribution in [0.2, 0.25) is 0 Å². The van der Waals surface area contributed by atoms with Crippen molar-refractivity contribution in [1.29, 1.82) is 0 Å². The first-order valence-corrected chi connectivity index (χ1v) is 11.4. The third-order valence-corrected chi connectivity index (χ3v) is 6.64. The third-order valence-electron chi connectivity index (χ3n) is 6.64. The number of fused-ring (bicyclic) bond motifs is 4. The van der Waals surface area contributed by atoms with Gasteiger partial charge in [-0.05, 0) is 23.8 Å². The number of amides is 1. The van der Waals surface area contributed by atoms with E-state index in [1.165, 1.54) is 29.6 Å². The molecule has 0 spiro atoms. The highest BCUT2D eigenvalue weighted by molar-refractivity contribution is 5.98. The highest BCUT2D eigenvalue weighted by atomic mass is 19.4. The number of alkyl halides is 3. The van der Waals surface area contributed by atoms with Crippen molar-refractivity contribution in [3.8, 4) is 16.9 Å². The predicted octanol–water partition coefficient (Wildman–Crippen LogP) is 4.89. The van der Waals surface area contributed by atoms with Gasteiger partial charge in [-0.25, -0.2) is 14.4 Å². The molecule has 2 aromatic carbocycles. The summed E-state index contributed by atoms with van der Waals surface area (Å²) in [6.45, 7) is 0.130. The van der Waals surface area contributed by atoms with Crippen LogP contribution in [-0.4, -0.2) is 43.8 Å². The molecule has 0 unspecified atom stereocenters. The molecule has 0 fully saturated rings. The standard InChI is InChI=1S/C26H18F4N6O2/c1-35(25(37)16-7-19-18(8-17(16)27)34-24(31)20-10-32-12-36(19)20)21-11-38-22-6-13(2-4-15(21)22)14-3-5-23(33-9-14)26(28,29)30/h2-10,12,21H,11H2,1H3,(H2,31,34)/t21-/m1/s1. The van der Waals surface area contributed by atoms with Gasteiger partial charge in [0.2, 0.25) is 0 Å². The Bertz CT molecular complexity index is 1730. The van der Waals surface area contributed by atoms with Crippen molar-refractivity contribution in [3.63, 3.8) is 0 Å². The van der Waals surface area contributed by atoms with Gasteiger partial charge >= 0.3 is 6.18 Å². The summed E-state index contributed by atoms with van der Waals surface area (Å²) in [6, 6.07) is 9.46. The molecule has 3 aromatic heterocycles. The van der Waals surface area contributed by atoms with Gasteiger partial charge in [-0.2, -0.15) is 13.2 Å². The number of nitrogen functional groups attached to an aromatic ring is 1. The number of rotatable bonds is 3. The summed E-state index contributed by atoms with van der Waals surface area (Å²) in [5.74, 6) is -0.639. The van der Waals surface area contributed by atoms with E-state index >= 15 is 4.39 Å². The second-order valence-corrected chi connectivity index (χ2v) is 8.89. The number of nitrogens with zero attached hydrogens (tertiary/aromatic N) is 5. The first kappa shape index (κ1) is 23.6. The van der Waals surface area contributed by atoms with Gasteiger partial charge in [0.25, 0.3) is 5.91 Å². The number of nitrogens with two attached hydrogens (primary N) is 1. The quantitative estimate of drug-likeness (QED) is 0.339. The molecule has 4 heterocycles. The minimum atomic E-state index is -4.52. The van der Waals surface area contributed by atoms with Crippen molar-refractivity contribution in [3.05, 3.63) is 83.8 Å². The number of hydrogen-bond acceptors (Lipinski definition) is 6. The molecule has 0 aliphatic carbocycles. The second kappa shape index (κ2) is 8.40. The molecule has 38 heavy (non-hydrogen) atoms. The number of anilines is 1. The molecule has 6 rings (SSSR count). The van der Waals surface area contributed by atoms with Gasteiger partial charge in [0.15, 0.2) is 0 Å². The molecule has 0 saturated heterocycles. The van der Waals surface area contributed by atoms with E-state index in [2.05, 4.69) is 15.0 Å². The average molecular weight is 522 g/mol. The van der Waals surface area contributed by atoms with E-state index in [9.17, 15) is 18.0 Å². The molecule has 1 atom stereocenters. The minimum absolute atomic E-state index is 0.130. The first-order chi connectivity index (χ1) is 18.1. The number of carbonyl (C=O) groups excluding carboxylic acids is 1. The summed E-state index contributed by atoms with van der Waals surface area (Å²) in [4.78, 5) is 26.6. The molecule has 5 aromatic rings. The topological polar surface area (TPSA) is 98.6 Å². The van der Waals surface area contributed by atoms with Crippen LogP contribution in [0.3, 0.4) is 0 Å². The molecule has 8 nitrogen and oxygen atoms in total. The molecule has 1 aliphatic rings. The van der Waals surface area contributed by atoms with E-state index in [0.717, 1.165) is 18.3 Å². The predicted molar refractivity (Wildman–Crippen MR) is 130 cm³/mol. The van der Waals surface area contributed by atoms with Crippen molar-refractivity contribution < 1.29 is 27.1 Å². The number of ether oxygens (including phenoxy) is 1. The van der Waals surface area contributed by atoms with Gasteiger partial charge in [-0.15, -0.1) is 0 Å². The maximum atomic E-state index is 15.1. The Morgan fingerprint density at radius 2 is 1.89 bits per heavy atom. The van der Waals surface area contributed by atoms with Crippen LogP contribution in [-0.2, 0) is 6.18 Å². The molecule has 2 N–H and O–H groups in total. The van der Waals surface area contributed by atoms with E-state index in [4.69, 9.17) is 10.5 Å². The summed E-state index contributed by atoms with van der Waals surface area (Å²) in [5, 5.41) is 0. The van der Waals surface area contributed by atoms with Gasteiger partial charge in [0.1, 0.15) is 35.2 Å².